The van der Waals surface area contributed by atoms with Crippen molar-refractivity contribution in [2.75, 3.05) is 31.6 Å². The van der Waals surface area contributed by atoms with Crippen LogP contribution in [-0.4, -0.2) is 75.7 Å². The van der Waals surface area contributed by atoms with Crippen molar-refractivity contribution < 1.29 is 21.6 Å². The summed E-state index contributed by atoms with van der Waals surface area (Å²) in [6, 6.07) is -0.946. The number of rotatable bonds is 6. The van der Waals surface area contributed by atoms with Gasteiger partial charge in [-0.3, -0.25) is 4.79 Å². The average Bonchev–Trinajstić information content (AvgIpc) is 2.95. The van der Waals surface area contributed by atoms with Crippen molar-refractivity contribution in [2.45, 2.75) is 51.1 Å². The van der Waals surface area contributed by atoms with E-state index in [0.717, 1.165) is 6.26 Å². The molecule has 0 aromatic heterocycles. The Labute approximate surface area is 144 Å². The molecule has 0 spiro atoms. The maximum absolute atomic E-state index is 12.8. The van der Waals surface area contributed by atoms with Crippen molar-refractivity contribution in [3.63, 3.8) is 0 Å². The van der Waals surface area contributed by atoms with Gasteiger partial charge >= 0.3 is 0 Å². The molecule has 2 atom stereocenters. The second kappa shape index (κ2) is 7.67. The Morgan fingerprint density at radius 1 is 1.12 bits per heavy atom. The molecule has 1 N–H and O–H groups in total. The van der Waals surface area contributed by atoms with Crippen LogP contribution in [-0.2, 0) is 24.8 Å². The predicted octanol–water partition coefficient (Wildman–Crippen LogP) is -0.269. The molecule has 24 heavy (non-hydrogen) atoms. The first-order chi connectivity index (χ1) is 11.1. The van der Waals surface area contributed by atoms with Gasteiger partial charge < -0.3 is 4.90 Å². The second-order valence-corrected chi connectivity index (χ2v) is 10.4. The minimum atomic E-state index is -3.41. The molecule has 10 heteroatoms. The zero-order valence-corrected chi connectivity index (χ0v) is 15.9. The molecular formula is C14H27N3O5S2. The van der Waals surface area contributed by atoms with E-state index in [1.807, 2.05) is 0 Å². The number of carbonyl (C=O) groups excluding carboxylic acids is 1. The molecule has 2 aliphatic heterocycles. The van der Waals surface area contributed by atoms with E-state index in [0.29, 0.717) is 51.7 Å². The molecule has 2 rings (SSSR count). The van der Waals surface area contributed by atoms with Crippen LogP contribution in [0, 0.1) is 0 Å². The summed E-state index contributed by atoms with van der Waals surface area (Å²) in [5.41, 5.74) is 0. The number of sulfonamides is 2. The Balaban J connectivity index is 2.07. The summed E-state index contributed by atoms with van der Waals surface area (Å²) in [5, 5.41) is 0. The van der Waals surface area contributed by atoms with Crippen LogP contribution in [0.3, 0.4) is 0 Å². The molecule has 2 fully saturated rings. The van der Waals surface area contributed by atoms with Gasteiger partial charge in [0, 0.05) is 25.7 Å². The van der Waals surface area contributed by atoms with Gasteiger partial charge in [0.1, 0.15) is 6.04 Å². The van der Waals surface area contributed by atoms with Crippen LogP contribution in [0.15, 0.2) is 0 Å². The van der Waals surface area contributed by atoms with Crippen LogP contribution in [0.1, 0.15) is 39.0 Å². The second-order valence-electron chi connectivity index (χ2n) is 6.60. The highest BCUT2D eigenvalue weighted by Gasteiger charge is 2.40. The monoisotopic (exact) mass is 381 g/mol. The van der Waals surface area contributed by atoms with Crippen LogP contribution < -0.4 is 4.72 Å². The minimum absolute atomic E-state index is 0.0506. The molecular weight excluding hydrogens is 354 g/mol. The molecule has 2 heterocycles. The van der Waals surface area contributed by atoms with Gasteiger partial charge in [0.25, 0.3) is 0 Å². The van der Waals surface area contributed by atoms with E-state index < -0.39 is 26.1 Å². The van der Waals surface area contributed by atoms with Crippen molar-refractivity contribution in [1.82, 2.24) is 13.9 Å². The van der Waals surface area contributed by atoms with E-state index >= 15 is 0 Å². The summed E-state index contributed by atoms with van der Waals surface area (Å²) in [5.74, 6) is -0.151. The van der Waals surface area contributed by atoms with E-state index in [1.165, 1.54) is 4.31 Å². The molecule has 0 aromatic rings. The lowest BCUT2D eigenvalue weighted by Gasteiger charge is -2.35. The lowest BCUT2D eigenvalue weighted by Crippen LogP contribution is -2.54. The summed E-state index contributed by atoms with van der Waals surface area (Å²) in [6.07, 6.45) is 4.21. The molecule has 2 saturated heterocycles. The minimum Gasteiger partial charge on any atom is -0.340 e. The van der Waals surface area contributed by atoms with Gasteiger partial charge in [0.2, 0.25) is 26.0 Å². The van der Waals surface area contributed by atoms with E-state index in [-0.39, 0.29) is 17.7 Å². The summed E-state index contributed by atoms with van der Waals surface area (Å²) in [4.78, 5) is 14.4. The van der Waals surface area contributed by atoms with Crippen molar-refractivity contribution in [1.29, 1.82) is 0 Å². The van der Waals surface area contributed by atoms with E-state index in [9.17, 15) is 21.6 Å². The lowest BCUT2D eigenvalue weighted by molar-refractivity contribution is -0.135. The number of hydrogen-bond donors (Lipinski definition) is 1. The van der Waals surface area contributed by atoms with Gasteiger partial charge in [-0.1, -0.05) is 6.92 Å². The van der Waals surface area contributed by atoms with Crippen molar-refractivity contribution in [3.8, 4) is 0 Å². The van der Waals surface area contributed by atoms with Crippen LogP contribution in [0.5, 0.6) is 0 Å². The topological polar surface area (TPSA) is 104 Å². The average molecular weight is 382 g/mol. The van der Waals surface area contributed by atoms with Crippen LogP contribution >= 0.6 is 0 Å². The number of piperidine rings is 1. The fourth-order valence-corrected chi connectivity index (χ4v) is 6.02. The third-order valence-corrected chi connectivity index (χ3v) is 7.26. The highest BCUT2D eigenvalue weighted by atomic mass is 32.2. The molecule has 0 aliphatic carbocycles. The van der Waals surface area contributed by atoms with Crippen molar-refractivity contribution >= 4 is 26.0 Å². The largest absolute Gasteiger partial charge is 0.340 e. The number of amides is 1. The molecule has 140 valence electrons. The van der Waals surface area contributed by atoms with Gasteiger partial charge in [-0.15, -0.1) is 0 Å². The zero-order chi connectivity index (χ0) is 18.0. The summed E-state index contributed by atoms with van der Waals surface area (Å²) in [7, 11) is -6.74. The molecule has 0 saturated carbocycles. The van der Waals surface area contributed by atoms with Crippen LogP contribution in [0.25, 0.3) is 0 Å². The first-order valence-corrected chi connectivity index (χ1v) is 11.9. The fraction of sp³-hybridized carbons (Fsp3) is 0.929. The third-order valence-electron chi connectivity index (χ3n) is 4.42. The van der Waals surface area contributed by atoms with Crippen molar-refractivity contribution in [3.05, 3.63) is 0 Å². The summed E-state index contributed by atoms with van der Waals surface area (Å²) >= 11 is 0. The van der Waals surface area contributed by atoms with E-state index in [2.05, 4.69) is 4.72 Å². The van der Waals surface area contributed by atoms with Crippen molar-refractivity contribution in [2.24, 2.45) is 0 Å². The number of nitrogens with zero attached hydrogens (tertiary/aromatic N) is 2. The Morgan fingerprint density at radius 2 is 1.79 bits per heavy atom. The maximum atomic E-state index is 12.8. The van der Waals surface area contributed by atoms with Crippen LogP contribution in [0.4, 0.5) is 0 Å². The molecule has 2 unspecified atom stereocenters. The molecule has 2 aliphatic rings. The Kier molecular flexibility index (Phi) is 6.27. The van der Waals surface area contributed by atoms with Crippen LogP contribution in [0.2, 0.25) is 0 Å². The first kappa shape index (κ1) is 19.6. The highest BCUT2D eigenvalue weighted by molar-refractivity contribution is 7.89. The summed E-state index contributed by atoms with van der Waals surface area (Å²) < 4.78 is 51.3. The zero-order valence-electron chi connectivity index (χ0n) is 14.3. The third kappa shape index (κ3) is 4.90. The lowest BCUT2D eigenvalue weighted by atomic mass is 10.1. The normalized spacial score (nSPS) is 26.7. The fourth-order valence-electron chi connectivity index (χ4n) is 3.48. The van der Waals surface area contributed by atoms with Gasteiger partial charge in [-0.2, -0.15) is 4.31 Å². The SMILES string of the molecule is CCCS(=O)(=O)N1CCCC1C(=O)N1CCCC(NS(C)(=O)=O)C1. The van der Waals surface area contributed by atoms with E-state index in [4.69, 9.17) is 0 Å². The Bertz CT molecular complexity index is 662. The van der Waals surface area contributed by atoms with E-state index in [1.54, 1.807) is 11.8 Å². The Hall–Kier alpha value is -0.710. The number of carbonyl (C=O) groups is 1. The molecule has 0 bridgehead atoms. The molecule has 1 amide bonds. The molecule has 0 aromatic carbocycles. The molecule has 8 nitrogen and oxygen atoms in total. The predicted molar refractivity (Wildman–Crippen MR) is 91.4 cm³/mol. The number of hydrogen-bond acceptors (Lipinski definition) is 5. The first-order valence-electron chi connectivity index (χ1n) is 8.39. The highest BCUT2D eigenvalue weighted by Crippen LogP contribution is 2.25. The number of likely N-dealkylation sites (tertiary alicyclic amines) is 1. The smallest absolute Gasteiger partial charge is 0.241 e. The van der Waals surface area contributed by atoms with Gasteiger partial charge in [-0.05, 0) is 32.1 Å². The van der Waals surface area contributed by atoms with Gasteiger partial charge in [0.15, 0.2) is 0 Å². The summed E-state index contributed by atoms with van der Waals surface area (Å²) in [6.45, 7) is 3.02. The molecule has 0 radical (unpaired) electrons. The Morgan fingerprint density at radius 3 is 2.42 bits per heavy atom. The van der Waals surface area contributed by atoms with Gasteiger partial charge in [0.05, 0.1) is 12.0 Å². The standard InChI is InChI=1S/C14H27N3O5S2/c1-3-10-24(21,22)17-9-5-7-13(17)14(18)16-8-4-6-12(11-16)15-23(2,19)20/h12-13,15H,3-11H2,1-2H3. The number of nitrogens with one attached hydrogen (secondary N) is 1. The maximum Gasteiger partial charge on any atom is 0.241 e. The van der Waals surface area contributed by atoms with Gasteiger partial charge in [-0.25, -0.2) is 21.6 Å². The quantitative estimate of drug-likeness (QED) is 0.682.